The largest absolute Gasteiger partial charge is 0.417 e. The summed E-state index contributed by atoms with van der Waals surface area (Å²) >= 11 is 0. The Kier molecular flexibility index (Phi) is 5.40. The molecule has 0 amide bonds. The zero-order chi connectivity index (χ0) is 13.6. The molecular formula is C12H18F3N3. The molecule has 1 aromatic heterocycles. The van der Waals surface area contributed by atoms with E-state index in [1.165, 1.54) is 6.07 Å². The van der Waals surface area contributed by atoms with Crippen LogP contribution in [-0.4, -0.2) is 24.6 Å². The van der Waals surface area contributed by atoms with Crippen LogP contribution in [0.1, 0.15) is 25.3 Å². The molecule has 1 heterocycles. The zero-order valence-electron chi connectivity index (χ0n) is 10.4. The van der Waals surface area contributed by atoms with E-state index in [1.54, 1.807) is 0 Å². The summed E-state index contributed by atoms with van der Waals surface area (Å²) in [7, 11) is 0. The molecule has 0 atom stereocenters. The van der Waals surface area contributed by atoms with E-state index >= 15 is 0 Å². The number of rotatable bonds is 6. The highest BCUT2D eigenvalue weighted by Gasteiger charge is 2.30. The number of nitrogens with zero attached hydrogens (tertiary/aromatic N) is 2. The standard InChI is InChI=1S/C12H18F3N3/c1-2-3-7-18(8-6-16)11-5-4-10(9-17-11)12(13,14)15/h4-5,9H,2-3,6-8,16H2,1H3. The molecule has 2 N–H and O–H groups in total. The minimum atomic E-state index is -4.34. The first-order chi connectivity index (χ1) is 8.49. The number of aromatic nitrogens is 1. The molecule has 0 aliphatic heterocycles. The van der Waals surface area contributed by atoms with Crippen LogP contribution < -0.4 is 10.6 Å². The van der Waals surface area contributed by atoms with E-state index in [4.69, 9.17) is 5.73 Å². The van der Waals surface area contributed by atoms with Crippen molar-refractivity contribution >= 4 is 5.82 Å². The van der Waals surface area contributed by atoms with Crippen LogP contribution in [0, 0.1) is 0 Å². The van der Waals surface area contributed by atoms with Gasteiger partial charge in [0.2, 0.25) is 0 Å². The number of anilines is 1. The Morgan fingerprint density at radius 3 is 2.44 bits per heavy atom. The first-order valence-corrected chi connectivity index (χ1v) is 5.97. The minimum absolute atomic E-state index is 0.451. The second-order valence-electron chi connectivity index (χ2n) is 4.03. The third kappa shape index (κ3) is 4.18. The molecule has 6 heteroatoms. The van der Waals surface area contributed by atoms with E-state index in [9.17, 15) is 13.2 Å². The average molecular weight is 261 g/mol. The number of pyridine rings is 1. The molecule has 0 bridgehead atoms. The fourth-order valence-electron chi connectivity index (χ4n) is 1.59. The predicted molar refractivity (Wildman–Crippen MR) is 65.4 cm³/mol. The van der Waals surface area contributed by atoms with E-state index < -0.39 is 11.7 Å². The number of halogens is 3. The van der Waals surface area contributed by atoms with Gasteiger partial charge in [-0.15, -0.1) is 0 Å². The molecule has 0 aliphatic rings. The number of alkyl halides is 3. The van der Waals surface area contributed by atoms with Gasteiger partial charge in [-0.05, 0) is 18.6 Å². The Hall–Kier alpha value is -1.30. The Morgan fingerprint density at radius 2 is 2.00 bits per heavy atom. The molecule has 0 unspecified atom stereocenters. The minimum Gasteiger partial charge on any atom is -0.355 e. The second-order valence-corrected chi connectivity index (χ2v) is 4.03. The lowest BCUT2D eigenvalue weighted by atomic mass is 10.2. The van der Waals surface area contributed by atoms with Crippen LogP contribution in [0.25, 0.3) is 0 Å². The fraction of sp³-hybridized carbons (Fsp3) is 0.583. The summed E-state index contributed by atoms with van der Waals surface area (Å²) in [6.45, 7) is 3.86. The summed E-state index contributed by atoms with van der Waals surface area (Å²) in [5.74, 6) is 0.543. The van der Waals surface area contributed by atoms with Crippen LogP contribution in [0.2, 0.25) is 0 Å². The number of nitrogens with two attached hydrogens (primary N) is 1. The van der Waals surface area contributed by atoms with Crippen LogP contribution in [0.15, 0.2) is 18.3 Å². The monoisotopic (exact) mass is 261 g/mol. The molecule has 0 saturated heterocycles. The Bertz CT molecular complexity index is 349. The van der Waals surface area contributed by atoms with Crippen molar-refractivity contribution in [3.8, 4) is 0 Å². The van der Waals surface area contributed by atoms with Crippen LogP contribution in [-0.2, 0) is 6.18 Å². The van der Waals surface area contributed by atoms with Crippen LogP contribution in [0.4, 0.5) is 19.0 Å². The molecule has 0 radical (unpaired) electrons. The normalized spacial score (nSPS) is 11.6. The Balaban J connectivity index is 2.79. The van der Waals surface area contributed by atoms with Gasteiger partial charge in [-0.2, -0.15) is 13.2 Å². The molecule has 1 aromatic rings. The lowest BCUT2D eigenvalue weighted by Crippen LogP contribution is -2.31. The number of hydrogen-bond acceptors (Lipinski definition) is 3. The van der Waals surface area contributed by atoms with Crippen molar-refractivity contribution in [2.45, 2.75) is 25.9 Å². The van der Waals surface area contributed by atoms with Gasteiger partial charge in [0.1, 0.15) is 5.82 Å². The molecule has 0 fully saturated rings. The maximum Gasteiger partial charge on any atom is 0.417 e. The Morgan fingerprint density at radius 1 is 1.28 bits per heavy atom. The SMILES string of the molecule is CCCCN(CCN)c1ccc(C(F)(F)F)cn1. The van der Waals surface area contributed by atoms with Crippen molar-refractivity contribution in [1.29, 1.82) is 0 Å². The summed E-state index contributed by atoms with van der Waals surface area (Å²) in [6.07, 6.45) is -1.50. The van der Waals surface area contributed by atoms with Gasteiger partial charge in [0.25, 0.3) is 0 Å². The topological polar surface area (TPSA) is 42.1 Å². The quantitative estimate of drug-likeness (QED) is 0.856. The molecule has 0 spiro atoms. The van der Waals surface area contributed by atoms with Gasteiger partial charge in [-0.3, -0.25) is 0 Å². The van der Waals surface area contributed by atoms with Gasteiger partial charge < -0.3 is 10.6 Å². The number of unbranched alkanes of at least 4 members (excludes halogenated alkanes) is 1. The molecule has 18 heavy (non-hydrogen) atoms. The van der Waals surface area contributed by atoms with E-state index in [2.05, 4.69) is 11.9 Å². The lowest BCUT2D eigenvalue weighted by molar-refractivity contribution is -0.137. The Labute approximate surface area is 105 Å². The molecule has 102 valence electrons. The zero-order valence-corrected chi connectivity index (χ0v) is 10.4. The van der Waals surface area contributed by atoms with Crippen molar-refractivity contribution in [1.82, 2.24) is 4.98 Å². The molecule has 1 rings (SSSR count). The smallest absolute Gasteiger partial charge is 0.355 e. The summed E-state index contributed by atoms with van der Waals surface area (Å²) < 4.78 is 37.2. The van der Waals surface area contributed by atoms with Gasteiger partial charge >= 0.3 is 6.18 Å². The highest BCUT2D eigenvalue weighted by Crippen LogP contribution is 2.29. The maximum atomic E-state index is 12.4. The van der Waals surface area contributed by atoms with Crippen molar-refractivity contribution < 1.29 is 13.2 Å². The van der Waals surface area contributed by atoms with Crippen LogP contribution >= 0.6 is 0 Å². The third-order valence-corrected chi connectivity index (χ3v) is 2.58. The number of hydrogen-bond donors (Lipinski definition) is 1. The first kappa shape index (κ1) is 14.8. The highest BCUT2D eigenvalue weighted by atomic mass is 19.4. The van der Waals surface area contributed by atoms with E-state index in [0.29, 0.717) is 18.9 Å². The summed E-state index contributed by atoms with van der Waals surface area (Å²) in [5.41, 5.74) is 4.76. The summed E-state index contributed by atoms with van der Waals surface area (Å²) in [6, 6.07) is 2.45. The van der Waals surface area contributed by atoms with Crippen molar-refractivity contribution in [2.75, 3.05) is 24.5 Å². The summed E-state index contributed by atoms with van der Waals surface area (Å²) in [4.78, 5) is 5.77. The van der Waals surface area contributed by atoms with E-state index in [0.717, 1.165) is 31.6 Å². The third-order valence-electron chi connectivity index (χ3n) is 2.58. The average Bonchev–Trinajstić information content (AvgIpc) is 2.33. The van der Waals surface area contributed by atoms with Gasteiger partial charge in [0.05, 0.1) is 5.56 Å². The van der Waals surface area contributed by atoms with Crippen molar-refractivity contribution in [3.63, 3.8) is 0 Å². The molecule has 0 aromatic carbocycles. The maximum absolute atomic E-state index is 12.4. The molecule has 0 saturated carbocycles. The lowest BCUT2D eigenvalue weighted by Gasteiger charge is -2.23. The van der Waals surface area contributed by atoms with E-state index in [1.807, 2.05) is 4.90 Å². The summed E-state index contributed by atoms with van der Waals surface area (Å²) in [5, 5.41) is 0. The second kappa shape index (κ2) is 6.58. The van der Waals surface area contributed by atoms with Gasteiger partial charge in [-0.25, -0.2) is 4.98 Å². The van der Waals surface area contributed by atoms with Gasteiger partial charge in [0, 0.05) is 25.8 Å². The van der Waals surface area contributed by atoms with E-state index in [-0.39, 0.29) is 0 Å². The van der Waals surface area contributed by atoms with Crippen LogP contribution in [0.5, 0.6) is 0 Å². The molecular weight excluding hydrogens is 243 g/mol. The van der Waals surface area contributed by atoms with Crippen molar-refractivity contribution in [2.24, 2.45) is 5.73 Å². The fourth-order valence-corrected chi connectivity index (χ4v) is 1.59. The van der Waals surface area contributed by atoms with Gasteiger partial charge in [-0.1, -0.05) is 13.3 Å². The predicted octanol–water partition coefficient (Wildman–Crippen LogP) is 2.67. The first-order valence-electron chi connectivity index (χ1n) is 5.97. The highest BCUT2D eigenvalue weighted by molar-refractivity contribution is 5.39. The van der Waals surface area contributed by atoms with Crippen molar-refractivity contribution in [3.05, 3.63) is 23.9 Å². The molecule has 3 nitrogen and oxygen atoms in total. The molecule has 0 aliphatic carbocycles. The van der Waals surface area contributed by atoms with Crippen LogP contribution in [0.3, 0.4) is 0 Å². The van der Waals surface area contributed by atoms with Gasteiger partial charge in [0.15, 0.2) is 0 Å².